The first-order chi connectivity index (χ1) is 7.18. The number of rotatable bonds is 2. The second kappa shape index (κ2) is 4.47. The number of hydrogen-bond acceptors (Lipinski definition) is 2. The van der Waals surface area contributed by atoms with Crippen LogP contribution in [-0.2, 0) is 0 Å². The average Bonchev–Trinajstić information content (AvgIpc) is 2.63. The molecule has 0 saturated carbocycles. The van der Waals surface area contributed by atoms with Crippen LogP contribution in [0.25, 0.3) is 0 Å². The van der Waals surface area contributed by atoms with Gasteiger partial charge in [-0.1, -0.05) is 29.8 Å². The van der Waals surface area contributed by atoms with Gasteiger partial charge in [0.25, 0.3) is 0 Å². The molecule has 1 aromatic heterocycles. The molecular weight excluding hydrogens is 270 g/mol. The second-order valence-electron chi connectivity index (χ2n) is 3.57. The van der Waals surface area contributed by atoms with Crippen molar-refractivity contribution in [3.05, 3.63) is 56.2 Å². The van der Waals surface area contributed by atoms with Crippen molar-refractivity contribution in [2.24, 2.45) is 5.73 Å². The van der Waals surface area contributed by atoms with Crippen LogP contribution in [0, 0.1) is 6.92 Å². The molecule has 0 bridgehead atoms. The van der Waals surface area contributed by atoms with Crippen LogP contribution in [0.1, 0.15) is 22.7 Å². The standard InChI is InChI=1S/C12H12BrNS/c1-8-3-2-4-9(5-8)12(14)10-6-15-7-11(10)13/h2-7,12H,14H2,1H3. The van der Waals surface area contributed by atoms with Gasteiger partial charge in [0.1, 0.15) is 0 Å². The highest BCUT2D eigenvalue weighted by atomic mass is 79.9. The third kappa shape index (κ3) is 2.30. The van der Waals surface area contributed by atoms with Crippen LogP contribution in [0.15, 0.2) is 39.5 Å². The van der Waals surface area contributed by atoms with Crippen molar-refractivity contribution >= 4 is 27.3 Å². The Morgan fingerprint density at radius 2 is 2.13 bits per heavy atom. The van der Waals surface area contributed by atoms with Crippen molar-refractivity contribution < 1.29 is 0 Å². The van der Waals surface area contributed by atoms with Crippen molar-refractivity contribution in [2.75, 3.05) is 0 Å². The van der Waals surface area contributed by atoms with Crippen molar-refractivity contribution in [2.45, 2.75) is 13.0 Å². The number of nitrogens with two attached hydrogens (primary N) is 1. The van der Waals surface area contributed by atoms with E-state index in [1.807, 2.05) is 6.07 Å². The molecule has 1 heterocycles. The molecule has 1 atom stereocenters. The summed E-state index contributed by atoms with van der Waals surface area (Å²) in [7, 11) is 0. The lowest BCUT2D eigenvalue weighted by atomic mass is 10.0. The maximum absolute atomic E-state index is 6.21. The number of aryl methyl sites for hydroxylation is 1. The number of benzene rings is 1. The Bertz CT molecular complexity index is 464. The first-order valence-corrected chi connectivity index (χ1v) is 6.46. The van der Waals surface area contributed by atoms with E-state index in [4.69, 9.17) is 5.73 Å². The monoisotopic (exact) mass is 281 g/mol. The minimum absolute atomic E-state index is 0.0366. The summed E-state index contributed by atoms with van der Waals surface area (Å²) in [6.07, 6.45) is 0. The first kappa shape index (κ1) is 10.9. The van der Waals surface area contributed by atoms with E-state index < -0.39 is 0 Å². The van der Waals surface area contributed by atoms with E-state index in [0.29, 0.717) is 0 Å². The lowest BCUT2D eigenvalue weighted by Gasteiger charge is -2.12. The fourth-order valence-corrected chi connectivity index (χ4v) is 3.14. The van der Waals surface area contributed by atoms with E-state index in [9.17, 15) is 0 Å². The van der Waals surface area contributed by atoms with Crippen LogP contribution in [0.5, 0.6) is 0 Å². The molecule has 0 amide bonds. The SMILES string of the molecule is Cc1cccc(C(N)c2cscc2Br)c1. The molecule has 2 aromatic rings. The predicted molar refractivity (Wildman–Crippen MR) is 69.2 cm³/mol. The summed E-state index contributed by atoms with van der Waals surface area (Å²) < 4.78 is 1.10. The Kier molecular flexibility index (Phi) is 3.24. The van der Waals surface area contributed by atoms with Gasteiger partial charge >= 0.3 is 0 Å². The first-order valence-electron chi connectivity index (χ1n) is 4.72. The van der Waals surface area contributed by atoms with E-state index >= 15 is 0 Å². The molecule has 0 aliphatic rings. The third-order valence-electron chi connectivity index (χ3n) is 2.38. The summed E-state index contributed by atoms with van der Waals surface area (Å²) in [5.74, 6) is 0. The molecule has 0 radical (unpaired) electrons. The van der Waals surface area contributed by atoms with Crippen LogP contribution in [0.2, 0.25) is 0 Å². The van der Waals surface area contributed by atoms with Crippen molar-refractivity contribution in [3.8, 4) is 0 Å². The second-order valence-corrected chi connectivity index (χ2v) is 5.16. The van der Waals surface area contributed by atoms with Gasteiger partial charge in [-0.2, -0.15) is 11.3 Å². The molecule has 1 aromatic carbocycles. The zero-order valence-corrected chi connectivity index (χ0v) is 10.8. The summed E-state index contributed by atoms with van der Waals surface area (Å²) >= 11 is 5.18. The topological polar surface area (TPSA) is 26.0 Å². The quantitative estimate of drug-likeness (QED) is 0.889. The van der Waals surface area contributed by atoms with Gasteiger partial charge in [-0.25, -0.2) is 0 Å². The smallest absolute Gasteiger partial charge is 0.0571 e. The Morgan fingerprint density at radius 3 is 2.73 bits per heavy atom. The molecule has 0 spiro atoms. The Morgan fingerprint density at radius 1 is 1.33 bits per heavy atom. The number of hydrogen-bond donors (Lipinski definition) is 1. The summed E-state index contributed by atoms with van der Waals surface area (Å²) in [6, 6.07) is 8.30. The van der Waals surface area contributed by atoms with Gasteiger partial charge in [-0.15, -0.1) is 0 Å². The summed E-state index contributed by atoms with van der Waals surface area (Å²) in [5, 5.41) is 4.15. The lowest BCUT2D eigenvalue weighted by molar-refractivity contribution is 0.870. The van der Waals surface area contributed by atoms with Crippen molar-refractivity contribution in [1.29, 1.82) is 0 Å². The van der Waals surface area contributed by atoms with E-state index in [-0.39, 0.29) is 6.04 Å². The minimum atomic E-state index is -0.0366. The summed E-state index contributed by atoms with van der Waals surface area (Å²) in [4.78, 5) is 0. The van der Waals surface area contributed by atoms with E-state index in [0.717, 1.165) is 15.6 Å². The average molecular weight is 282 g/mol. The van der Waals surface area contributed by atoms with Gasteiger partial charge < -0.3 is 5.73 Å². The Hall–Kier alpha value is -0.640. The molecule has 0 saturated heterocycles. The summed E-state index contributed by atoms with van der Waals surface area (Å²) in [5.41, 5.74) is 9.77. The van der Waals surface area contributed by atoms with Gasteiger partial charge in [0.2, 0.25) is 0 Å². The van der Waals surface area contributed by atoms with Crippen molar-refractivity contribution in [3.63, 3.8) is 0 Å². The molecule has 1 nitrogen and oxygen atoms in total. The van der Waals surface area contributed by atoms with Crippen LogP contribution >= 0.6 is 27.3 Å². The van der Waals surface area contributed by atoms with Crippen LogP contribution in [0.3, 0.4) is 0 Å². The zero-order valence-electron chi connectivity index (χ0n) is 8.41. The zero-order chi connectivity index (χ0) is 10.8. The summed E-state index contributed by atoms with van der Waals surface area (Å²) in [6.45, 7) is 2.08. The fraction of sp³-hybridized carbons (Fsp3) is 0.167. The van der Waals surface area contributed by atoms with Gasteiger partial charge in [-0.3, -0.25) is 0 Å². The third-order valence-corrected chi connectivity index (χ3v) is 4.13. The predicted octanol–water partition coefficient (Wildman–Crippen LogP) is 3.87. The molecule has 3 heteroatoms. The van der Waals surface area contributed by atoms with Crippen LogP contribution < -0.4 is 5.73 Å². The van der Waals surface area contributed by atoms with Crippen molar-refractivity contribution in [1.82, 2.24) is 0 Å². The van der Waals surface area contributed by atoms with Crippen LogP contribution in [0.4, 0.5) is 0 Å². The molecule has 0 fully saturated rings. The van der Waals surface area contributed by atoms with Gasteiger partial charge in [0.15, 0.2) is 0 Å². The molecule has 78 valence electrons. The Labute approximate surface area is 102 Å². The van der Waals surface area contributed by atoms with Gasteiger partial charge in [0, 0.05) is 9.85 Å². The molecular formula is C12H12BrNS. The highest BCUT2D eigenvalue weighted by Crippen LogP contribution is 2.30. The normalized spacial score (nSPS) is 12.7. The van der Waals surface area contributed by atoms with Gasteiger partial charge in [-0.05, 0) is 39.4 Å². The highest BCUT2D eigenvalue weighted by Gasteiger charge is 2.12. The number of thiophene rings is 1. The Balaban J connectivity index is 2.36. The molecule has 2 rings (SSSR count). The largest absolute Gasteiger partial charge is 0.320 e. The highest BCUT2D eigenvalue weighted by molar-refractivity contribution is 9.10. The number of halogens is 1. The maximum Gasteiger partial charge on any atom is 0.0571 e. The molecule has 1 unspecified atom stereocenters. The molecule has 2 N–H and O–H groups in total. The molecule has 0 aliphatic heterocycles. The van der Waals surface area contributed by atoms with Gasteiger partial charge in [0.05, 0.1) is 6.04 Å². The van der Waals surface area contributed by atoms with E-state index in [1.165, 1.54) is 5.56 Å². The lowest BCUT2D eigenvalue weighted by Crippen LogP contribution is -2.11. The van der Waals surface area contributed by atoms with Crippen LogP contribution in [-0.4, -0.2) is 0 Å². The molecule has 0 aliphatic carbocycles. The molecule has 15 heavy (non-hydrogen) atoms. The van der Waals surface area contributed by atoms with E-state index in [2.05, 4.69) is 51.8 Å². The minimum Gasteiger partial charge on any atom is -0.320 e. The fourth-order valence-electron chi connectivity index (χ4n) is 1.56. The maximum atomic E-state index is 6.21. The van der Waals surface area contributed by atoms with E-state index in [1.54, 1.807) is 11.3 Å².